The van der Waals surface area contributed by atoms with Gasteiger partial charge < -0.3 is 25.7 Å². The number of amides is 1. The first-order chi connectivity index (χ1) is 14.1. The number of nitrogens with one attached hydrogen (secondary N) is 2. The first kappa shape index (κ1) is 19.2. The average molecular weight is 394 g/mol. The molecule has 0 spiro atoms. The number of H-pyrrole nitrogens is 1. The van der Waals surface area contributed by atoms with Crippen LogP contribution in [0.15, 0.2) is 42.9 Å². The van der Waals surface area contributed by atoms with Gasteiger partial charge in [0.2, 0.25) is 0 Å². The van der Waals surface area contributed by atoms with E-state index < -0.39 is 11.6 Å². The second-order valence-corrected chi connectivity index (χ2v) is 7.54. The Morgan fingerprint density at radius 2 is 2.17 bits per heavy atom. The van der Waals surface area contributed by atoms with Gasteiger partial charge in [0.1, 0.15) is 24.4 Å². The summed E-state index contributed by atoms with van der Waals surface area (Å²) in [7, 11) is 0. The molecule has 4 rings (SSSR count). The molecule has 0 aliphatic carbocycles. The van der Waals surface area contributed by atoms with Crippen LogP contribution in [0.4, 0.5) is 10.6 Å². The fraction of sp³-hybridized carbons (Fsp3) is 0.381. The molecule has 8 nitrogen and oxygen atoms in total. The summed E-state index contributed by atoms with van der Waals surface area (Å²) in [6.07, 6.45) is 4.75. The summed E-state index contributed by atoms with van der Waals surface area (Å²) in [5.74, 6) is 0.895. The Labute approximate surface area is 169 Å². The summed E-state index contributed by atoms with van der Waals surface area (Å²) in [6.45, 7) is 4.08. The molecule has 1 aromatic carbocycles. The zero-order chi connectivity index (χ0) is 20.3. The van der Waals surface area contributed by atoms with Crippen LogP contribution in [0.5, 0.6) is 0 Å². The largest absolute Gasteiger partial charge is 0.445 e. The van der Waals surface area contributed by atoms with E-state index in [1.807, 2.05) is 36.5 Å². The van der Waals surface area contributed by atoms with E-state index in [4.69, 9.17) is 10.5 Å². The molecule has 29 heavy (non-hydrogen) atoms. The lowest BCUT2D eigenvalue weighted by Crippen LogP contribution is -2.52. The number of aromatic amines is 1. The Morgan fingerprint density at radius 1 is 1.34 bits per heavy atom. The summed E-state index contributed by atoms with van der Waals surface area (Å²) in [4.78, 5) is 26.3. The number of carbonyl (C=O) groups is 1. The second-order valence-electron chi connectivity index (χ2n) is 7.54. The zero-order valence-corrected chi connectivity index (χ0v) is 16.5. The van der Waals surface area contributed by atoms with Crippen LogP contribution in [0.1, 0.15) is 24.5 Å². The van der Waals surface area contributed by atoms with Crippen molar-refractivity contribution in [1.29, 1.82) is 0 Å². The van der Waals surface area contributed by atoms with Gasteiger partial charge in [-0.15, -0.1) is 0 Å². The van der Waals surface area contributed by atoms with Crippen molar-refractivity contribution in [3.05, 3.63) is 54.0 Å². The Morgan fingerprint density at radius 3 is 2.97 bits per heavy atom. The quantitative estimate of drug-likeness (QED) is 0.592. The van der Waals surface area contributed by atoms with Crippen LogP contribution in [0, 0.1) is 0 Å². The molecule has 0 radical (unpaired) electrons. The molecule has 3 heterocycles. The molecule has 1 aliphatic heterocycles. The lowest BCUT2D eigenvalue weighted by molar-refractivity contribution is 0.137. The summed E-state index contributed by atoms with van der Waals surface area (Å²) < 4.78 is 5.28. The third-order valence-electron chi connectivity index (χ3n) is 5.39. The molecule has 1 fully saturated rings. The number of aryl methyl sites for hydroxylation is 1. The van der Waals surface area contributed by atoms with Gasteiger partial charge in [-0.05, 0) is 24.0 Å². The highest BCUT2D eigenvalue weighted by Gasteiger charge is 2.36. The molecule has 0 saturated carbocycles. The fourth-order valence-corrected chi connectivity index (χ4v) is 3.77. The number of ether oxygens (including phenoxy) is 1. The fourth-order valence-electron chi connectivity index (χ4n) is 3.77. The maximum Gasteiger partial charge on any atom is 0.407 e. The number of anilines is 1. The number of aromatic nitrogens is 3. The minimum Gasteiger partial charge on any atom is -0.445 e. The second kappa shape index (κ2) is 8.08. The molecule has 1 amide bonds. The van der Waals surface area contributed by atoms with E-state index in [-0.39, 0.29) is 6.61 Å². The Balaban J connectivity index is 1.36. The van der Waals surface area contributed by atoms with Crippen molar-refractivity contribution in [2.45, 2.75) is 31.9 Å². The Hall–Kier alpha value is -3.13. The van der Waals surface area contributed by atoms with Gasteiger partial charge in [0.25, 0.3) is 0 Å². The minimum absolute atomic E-state index is 0.239. The topological polar surface area (TPSA) is 109 Å². The highest BCUT2D eigenvalue weighted by molar-refractivity contribution is 5.91. The van der Waals surface area contributed by atoms with Crippen LogP contribution >= 0.6 is 0 Å². The number of rotatable bonds is 6. The summed E-state index contributed by atoms with van der Waals surface area (Å²) in [5.41, 5.74) is 9.01. The maximum atomic E-state index is 12.1. The van der Waals surface area contributed by atoms with Crippen molar-refractivity contribution in [3.8, 4) is 0 Å². The van der Waals surface area contributed by atoms with Crippen molar-refractivity contribution in [2.75, 3.05) is 24.5 Å². The van der Waals surface area contributed by atoms with Crippen molar-refractivity contribution in [1.82, 2.24) is 20.3 Å². The molecule has 1 saturated heterocycles. The van der Waals surface area contributed by atoms with Crippen molar-refractivity contribution >= 4 is 22.9 Å². The number of nitrogens with two attached hydrogens (primary N) is 1. The number of alkyl carbamates (subject to hydrolysis) is 1. The smallest absolute Gasteiger partial charge is 0.407 e. The molecule has 2 aromatic heterocycles. The molecular formula is C21H26N6O2. The molecule has 1 atom stereocenters. The van der Waals surface area contributed by atoms with Gasteiger partial charge >= 0.3 is 6.09 Å². The summed E-state index contributed by atoms with van der Waals surface area (Å²) >= 11 is 0. The highest BCUT2D eigenvalue weighted by atomic mass is 16.5. The highest BCUT2D eigenvalue weighted by Crippen LogP contribution is 2.31. The van der Waals surface area contributed by atoms with E-state index >= 15 is 0 Å². The molecule has 0 bridgehead atoms. The monoisotopic (exact) mass is 394 g/mol. The SMILES string of the molecule is CCc1c[nH]c2ncnc(N3CC[C@](N)(CNC(=O)OCc4ccccc4)C3)c12. The normalized spacial score (nSPS) is 18.9. The maximum absolute atomic E-state index is 12.1. The standard InChI is InChI=1S/C21H26N6O2/c1-2-16-10-23-18-17(16)19(26-14-25-18)27-9-8-21(22,13-27)12-24-20(28)29-11-15-6-4-3-5-7-15/h3-7,10,14H,2,8-9,11-13,22H2,1H3,(H,24,28)(H,23,25,26)/t21-/m0/s1. The van der Waals surface area contributed by atoms with E-state index in [0.29, 0.717) is 13.1 Å². The van der Waals surface area contributed by atoms with Crippen LogP contribution in [-0.2, 0) is 17.8 Å². The molecule has 152 valence electrons. The number of hydrogen-bond donors (Lipinski definition) is 3. The summed E-state index contributed by atoms with van der Waals surface area (Å²) in [6, 6.07) is 9.59. The van der Waals surface area contributed by atoms with Gasteiger partial charge in [0.05, 0.1) is 10.9 Å². The summed E-state index contributed by atoms with van der Waals surface area (Å²) in [5, 5.41) is 3.86. The van der Waals surface area contributed by atoms with E-state index in [1.165, 1.54) is 5.56 Å². The number of benzene rings is 1. The predicted molar refractivity (Wildman–Crippen MR) is 112 cm³/mol. The van der Waals surface area contributed by atoms with Gasteiger partial charge in [-0.3, -0.25) is 0 Å². The third-order valence-corrected chi connectivity index (χ3v) is 5.39. The van der Waals surface area contributed by atoms with Gasteiger partial charge in [0.15, 0.2) is 0 Å². The number of fused-ring (bicyclic) bond motifs is 1. The number of nitrogens with zero attached hydrogens (tertiary/aromatic N) is 3. The molecule has 1 aliphatic rings. The van der Waals surface area contributed by atoms with E-state index in [9.17, 15) is 4.79 Å². The van der Waals surface area contributed by atoms with Crippen molar-refractivity contribution in [3.63, 3.8) is 0 Å². The van der Waals surface area contributed by atoms with Gasteiger partial charge in [-0.1, -0.05) is 37.3 Å². The zero-order valence-electron chi connectivity index (χ0n) is 16.5. The number of hydrogen-bond acceptors (Lipinski definition) is 6. The first-order valence-electron chi connectivity index (χ1n) is 9.87. The van der Waals surface area contributed by atoms with Crippen molar-refractivity contribution < 1.29 is 9.53 Å². The Kier molecular flexibility index (Phi) is 5.35. The third kappa shape index (κ3) is 4.17. The number of carbonyl (C=O) groups excluding carboxylic acids is 1. The lowest BCUT2D eigenvalue weighted by atomic mass is 10.0. The van der Waals surface area contributed by atoms with Gasteiger partial charge in [-0.2, -0.15) is 0 Å². The van der Waals surface area contributed by atoms with Crippen LogP contribution in [0.3, 0.4) is 0 Å². The van der Waals surface area contributed by atoms with Crippen LogP contribution in [0.25, 0.3) is 11.0 Å². The van der Waals surface area contributed by atoms with Gasteiger partial charge in [-0.25, -0.2) is 14.8 Å². The molecule has 0 unspecified atom stereocenters. The van der Waals surface area contributed by atoms with Crippen LogP contribution in [0.2, 0.25) is 0 Å². The van der Waals surface area contributed by atoms with E-state index in [2.05, 4.69) is 32.1 Å². The first-order valence-corrected chi connectivity index (χ1v) is 9.87. The van der Waals surface area contributed by atoms with E-state index in [0.717, 1.165) is 41.8 Å². The van der Waals surface area contributed by atoms with E-state index in [1.54, 1.807) is 6.33 Å². The molecule has 4 N–H and O–H groups in total. The van der Waals surface area contributed by atoms with Crippen molar-refractivity contribution in [2.24, 2.45) is 5.73 Å². The molecular weight excluding hydrogens is 368 g/mol. The average Bonchev–Trinajstić information content (AvgIpc) is 3.35. The Bertz CT molecular complexity index is 989. The van der Waals surface area contributed by atoms with Crippen LogP contribution < -0.4 is 16.0 Å². The molecule has 8 heteroatoms. The minimum atomic E-state index is -0.536. The predicted octanol–water partition coefficient (Wildman–Crippen LogP) is 2.35. The lowest BCUT2D eigenvalue weighted by Gasteiger charge is -2.25. The molecule has 3 aromatic rings. The van der Waals surface area contributed by atoms with Gasteiger partial charge in [0, 0.05) is 25.8 Å². The van der Waals surface area contributed by atoms with Crippen LogP contribution in [-0.4, -0.2) is 46.2 Å².